The van der Waals surface area contributed by atoms with Crippen LogP contribution >= 0.6 is 0 Å². The normalized spacial score (nSPS) is 11.7. The molecule has 6 heterocycles. The van der Waals surface area contributed by atoms with Gasteiger partial charge < -0.3 is 29.0 Å². The third-order valence-corrected chi connectivity index (χ3v) is 19.3. The average molecular weight is 1380 g/mol. The maximum atomic E-state index is 14.1. The molecule has 15 aromatic rings. The first-order chi connectivity index (χ1) is 49.9. The maximum Gasteiger partial charge on any atom is 0.335 e. The number of aromatic amines is 3. The van der Waals surface area contributed by atoms with E-state index in [9.17, 15) is 54.3 Å². The number of hydrogen-bond acceptors (Lipinski definition) is 9. The third-order valence-electron chi connectivity index (χ3n) is 19.3. The van der Waals surface area contributed by atoms with Gasteiger partial charge >= 0.3 is 17.9 Å². The molecule has 20 heteroatoms. The molecule has 0 fully saturated rings. The fourth-order valence-corrected chi connectivity index (χ4v) is 14.4. The molecule has 15 rings (SSSR count). The predicted octanol–water partition coefficient (Wildman–Crippen LogP) is 18.6. The molecule has 0 radical (unpaired) electrons. The number of halogens is 2. The number of nitrogens with zero attached hydrogens (tertiary/aromatic N) is 9. The number of nitrogens with one attached hydrogen (secondary N) is 3. The highest BCUT2D eigenvalue weighted by atomic mass is 19.1. The number of nitriles is 3. The molecule has 0 saturated heterocycles. The van der Waals surface area contributed by atoms with Crippen LogP contribution in [-0.4, -0.2) is 77.5 Å². The van der Waals surface area contributed by atoms with Crippen LogP contribution in [0.4, 0.5) is 8.78 Å². The second kappa shape index (κ2) is 28.1. The minimum atomic E-state index is -0.991. The van der Waals surface area contributed by atoms with Crippen LogP contribution in [0.5, 0.6) is 0 Å². The molecule has 0 aliphatic heterocycles. The zero-order valence-electron chi connectivity index (χ0n) is 57.7. The van der Waals surface area contributed by atoms with Crippen molar-refractivity contribution < 1.29 is 38.5 Å². The predicted molar refractivity (Wildman–Crippen MR) is 398 cm³/mol. The zero-order chi connectivity index (χ0) is 73.4. The Bertz CT molecular complexity index is 5940. The molecular formula is C84H70F2N12O6. The number of benzene rings is 9. The van der Waals surface area contributed by atoms with Crippen molar-refractivity contribution in [1.29, 1.82) is 15.8 Å². The third kappa shape index (κ3) is 13.5. The first kappa shape index (κ1) is 69.2. The van der Waals surface area contributed by atoms with Gasteiger partial charge in [-0.3, -0.25) is 15.3 Å². The van der Waals surface area contributed by atoms with Gasteiger partial charge in [-0.25, -0.2) is 23.2 Å². The molecule has 18 nitrogen and oxygen atoms in total. The summed E-state index contributed by atoms with van der Waals surface area (Å²) in [6.45, 7) is 13.8. The van der Waals surface area contributed by atoms with E-state index in [0.717, 1.165) is 133 Å². The molecule has 0 amide bonds. The number of aromatic nitrogens is 9. The van der Waals surface area contributed by atoms with Crippen molar-refractivity contribution in [2.24, 2.45) is 0 Å². The summed E-state index contributed by atoms with van der Waals surface area (Å²) in [5, 5.41) is 84.6. The van der Waals surface area contributed by atoms with Gasteiger partial charge in [-0.15, -0.1) is 0 Å². The summed E-state index contributed by atoms with van der Waals surface area (Å²) >= 11 is 0. The molecular weight excluding hydrogens is 1310 g/mol. The van der Waals surface area contributed by atoms with Crippen LogP contribution in [-0.2, 0) is 35.9 Å². The lowest BCUT2D eigenvalue weighted by molar-refractivity contribution is 0.0686. The zero-order valence-corrected chi connectivity index (χ0v) is 57.7. The molecule has 0 aliphatic carbocycles. The van der Waals surface area contributed by atoms with Gasteiger partial charge in [0.15, 0.2) is 0 Å². The molecule has 0 bridgehead atoms. The van der Waals surface area contributed by atoms with Gasteiger partial charge in [0.05, 0.1) is 86.6 Å². The van der Waals surface area contributed by atoms with Gasteiger partial charge in [0.2, 0.25) is 0 Å². The number of hydrogen-bond donors (Lipinski definition) is 6. The lowest BCUT2D eigenvalue weighted by Gasteiger charge is -2.27. The summed E-state index contributed by atoms with van der Waals surface area (Å²) < 4.78 is 34.3. The number of rotatable bonds is 18. The summed E-state index contributed by atoms with van der Waals surface area (Å²) in [5.74, 6) is -3.54. The monoisotopic (exact) mass is 1380 g/mol. The maximum absolute atomic E-state index is 14.1. The Morgan fingerprint density at radius 3 is 1.03 bits per heavy atom. The van der Waals surface area contributed by atoms with Gasteiger partial charge in [0, 0.05) is 121 Å². The van der Waals surface area contributed by atoms with Gasteiger partial charge in [-0.1, -0.05) is 133 Å². The summed E-state index contributed by atoms with van der Waals surface area (Å²) in [4.78, 5) is 34.3. The molecule has 0 atom stereocenters. The van der Waals surface area contributed by atoms with Gasteiger partial charge in [0.25, 0.3) is 0 Å². The van der Waals surface area contributed by atoms with Crippen molar-refractivity contribution in [2.75, 3.05) is 0 Å². The Kier molecular flexibility index (Phi) is 18.7. The highest BCUT2D eigenvalue weighted by molar-refractivity contribution is 6.08. The lowest BCUT2D eigenvalue weighted by Crippen LogP contribution is -2.22. The van der Waals surface area contributed by atoms with Crippen molar-refractivity contribution in [3.8, 4) is 51.6 Å². The van der Waals surface area contributed by atoms with Crippen LogP contribution in [0.1, 0.15) is 126 Å². The molecule has 516 valence electrons. The van der Waals surface area contributed by atoms with E-state index >= 15 is 0 Å². The molecule has 104 heavy (non-hydrogen) atoms. The van der Waals surface area contributed by atoms with E-state index in [-0.39, 0.29) is 41.2 Å². The van der Waals surface area contributed by atoms with Gasteiger partial charge in [0.1, 0.15) is 11.6 Å². The largest absolute Gasteiger partial charge is 0.478 e. The van der Waals surface area contributed by atoms with Crippen molar-refractivity contribution in [2.45, 2.75) is 96.7 Å². The summed E-state index contributed by atoms with van der Waals surface area (Å²) in [5.41, 5.74) is 16.1. The van der Waals surface area contributed by atoms with Crippen LogP contribution in [0.3, 0.4) is 0 Å². The fraction of sp³-hybridized carbons (Fsp3) is 0.179. The van der Waals surface area contributed by atoms with Gasteiger partial charge in [-0.05, 0) is 130 Å². The molecule has 6 aromatic heterocycles. The topological polar surface area (TPSA) is 284 Å². The molecule has 0 saturated carbocycles. The van der Waals surface area contributed by atoms with Crippen molar-refractivity contribution >= 4 is 83.3 Å². The number of H-pyrrole nitrogens is 3. The highest BCUT2D eigenvalue weighted by Crippen LogP contribution is 2.48. The summed E-state index contributed by atoms with van der Waals surface area (Å²) in [7, 11) is 0. The molecule has 6 N–H and O–H groups in total. The van der Waals surface area contributed by atoms with Crippen molar-refractivity contribution in [1.82, 2.24) is 44.3 Å². The smallest absolute Gasteiger partial charge is 0.335 e. The number of aromatic carboxylic acids is 3. The quantitative estimate of drug-likeness (QED) is 0.0468. The van der Waals surface area contributed by atoms with E-state index in [4.69, 9.17) is 0 Å². The van der Waals surface area contributed by atoms with E-state index in [0.29, 0.717) is 26.1 Å². The Morgan fingerprint density at radius 2 is 0.712 bits per heavy atom. The SMILES string of the molecule is CC(C)(CC#N)c1c(-c2ccc(C(=O)O)cc2)c2cc3[nH]ncc3cc2n1Cc1ccc(F)cc1.CC(C)(CC#N)c1c(-c2ccc(C(=O)O)cc2)c2cc3[nH]ncc3cc2n1Cc1cccc(F)c1.CC(C)(CC#N)c1c(-c2ccc(C(=O)O)cc2)c2cc3[nH]ncc3cc2n1Cc1ccccc1. The number of carboxylic acids is 3. The number of carbonyl (C=O) groups is 3. The second-order valence-corrected chi connectivity index (χ2v) is 28.0. The highest BCUT2D eigenvalue weighted by Gasteiger charge is 2.35. The average Bonchev–Trinajstić information content (AvgIpc) is 1.59. The van der Waals surface area contributed by atoms with E-state index < -0.39 is 34.2 Å². The number of carboxylic acid groups (broad SMARTS) is 3. The van der Waals surface area contributed by atoms with E-state index in [2.05, 4.69) is 113 Å². The molecule has 0 spiro atoms. The Morgan fingerprint density at radius 1 is 0.394 bits per heavy atom. The van der Waals surface area contributed by atoms with Crippen LogP contribution in [0.2, 0.25) is 0 Å². The number of fused-ring (bicyclic) bond motifs is 6. The first-order valence-corrected chi connectivity index (χ1v) is 33.6. The van der Waals surface area contributed by atoms with E-state index in [1.54, 1.807) is 79.1 Å². The molecule has 9 aromatic carbocycles. The van der Waals surface area contributed by atoms with E-state index in [1.807, 2.05) is 94.6 Å². The molecule has 0 aliphatic rings. The van der Waals surface area contributed by atoms with Crippen molar-refractivity contribution in [3.05, 3.63) is 269 Å². The van der Waals surface area contributed by atoms with E-state index in [1.165, 1.54) is 24.3 Å². The lowest BCUT2D eigenvalue weighted by atomic mass is 9.81. The standard InChI is InChI=1S/2C28H23FN4O2.C28H24N4O2/c1-28(2,11-12-30)26-25(18-5-7-19(8-6-18)27(34)35)22-14-23-20(15-31-32-23)13-24(22)33(26)16-17-3-9-21(29)10-4-17;1-28(2,10-11-30)26-25(18-6-8-19(9-7-18)27(34)35)22-14-23-20(15-31-32-23)13-24(22)33(26)16-17-4-3-5-21(29)12-17;1-28(2,12-13-29)26-25(19-8-10-20(11-9-19)27(33)34)22-15-23-21(16-30-31-23)14-24(22)32(26)17-18-6-4-3-5-7-18/h3-10,13-15H,11,16H2,1-2H3,(H,31,32)(H,34,35);3-9,12-15H,10,16H2,1-2H3,(H,31,32)(H,34,35);3-11,14-16H,12,17H2,1-2H3,(H,30,31)(H,33,34). The minimum absolute atomic E-state index is 0.200. The second-order valence-electron chi connectivity index (χ2n) is 28.0. The fourth-order valence-electron chi connectivity index (χ4n) is 14.4. The van der Waals surface area contributed by atoms with Gasteiger partial charge in [-0.2, -0.15) is 31.1 Å². The molecule has 0 unspecified atom stereocenters. The summed E-state index contributed by atoms with van der Waals surface area (Å²) in [6.07, 6.45) is 6.24. The summed E-state index contributed by atoms with van der Waals surface area (Å²) in [6, 6.07) is 63.2. The minimum Gasteiger partial charge on any atom is -0.478 e. The Hall–Kier alpha value is -13.3. The van der Waals surface area contributed by atoms with Crippen LogP contribution < -0.4 is 0 Å². The van der Waals surface area contributed by atoms with Crippen LogP contribution in [0.25, 0.3) is 98.8 Å². The van der Waals surface area contributed by atoms with Crippen LogP contribution in [0, 0.1) is 45.6 Å². The Balaban J connectivity index is 0.000000139. The van der Waals surface area contributed by atoms with Crippen molar-refractivity contribution in [3.63, 3.8) is 0 Å². The van der Waals surface area contributed by atoms with Crippen LogP contribution in [0.15, 0.2) is 207 Å². The Labute approximate surface area is 595 Å². The first-order valence-electron chi connectivity index (χ1n) is 33.6.